The van der Waals surface area contributed by atoms with Gasteiger partial charge >= 0.3 is 0 Å². The largest absolute Gasteiger partial charge is 0.486 e. The van der Waals surface area contributed by atoms with Crippen LogP contribution in [0.1, 0.15) is 42.1 Å². The van der Waals surface area contributed by atoms with E-state index >= 15 is 0 Å². The fraction of sp³-hybridized carbons (Fsp3) is 0.273. The summed E-state index contributed by atoms with van der Waals surface area (Å²) in [5.74, 6) is 0.724. The molecule has 2 aromatic carbocycles. The van der Waals surface area contributed by atoms with E-state index in [4.69, 9.17) is 16.3 Å². The Morgan fingerprint density at radius 2 is 1.93 bits per heavy atom. The number of carbonyl (C=O) groups is 1. The maximum atomic E-state index is 12.5. The molecular weight excluding hydrogens is 392 g/mol. The molecule has 4 nitrogen and oxygen atoms in total. The number of hydrogen-bond acceptors (Lipinski definition) is 4. The summed E-state index contributed by atoms with van der Waals surface area (Å²) in [5.41, 5.74) is 1.90. The number of rotatable bonds is 9. The van der Waals surface area contributed by atoms with Crippen molar-refractivity contribution >= 4 is 28.8 Å². The fourth-order valence-electron chi connectivity index (χ4n) is 2.88. The Labute approximate surface area is 174 Å². The van der Waals surface area contributed by atoms with Gasteiger partial charge in [0.25, 0.3) is 0 Å². The Balaban J connectivity index is 1.53. The summed E-state index contributed by atoms with van der Waals surface area (Å²) in [5, 5.41) is 6.56. The molecule has 0 fully saturated rings. The Kier molecular flexibility index (Phi) is 7.46. The van der Waals surface area contributed by atoms with E-state index in [2.05, 4.69) is 29.4 Å². The molecule has 0 aliphatic rings. The first-order valence-corrected chi connectivity index (χ1v) is 10.6. The van der Waals surface area contributed by atoms with E-state index in [0.717, 1.165) is 34.9 Å². The third-order valence-corrected chi connectivity index (χ3v) is 5.35. The van der Waals surface area contributed by atoms with Crippen LogP contribution in [0.15, 0.2) is 60.0 Å². The summed E-state index contributed by atoms with van der Waals surface area (Å²) in [6.07, 6.45) is 2.18. The van der Waals surface area contributed by atoms with Gasteiger partial charge in [0.15, 0.2) is 0 Å². The number of ether oxygens (including phenoxy) is 1. The molecule has 3 rings (SSSR count). The van der Waals surface area contributed by atoms with Crippen LogP contribution in [0.2, 0.25) is 5.02 Å². The van der Waals surface area contributed by atoms with Crippen LogP contribution in [-0.4, -0.2) is 10.9 Å². The van der Waals surface area contributed by atoms with Gasteiger partial charge in [0.1, 0.15) is 17.4 Å². The molecule has 1 atom stereocenters. The highest BCUT2D eigenvalue weighted by molar-refractivity contribution is 7.09. The molecule has 6 heteroatoms. The number of thiazole rings is 1. The molecular formula is C22H23ClN2O2S. The van der Waals surface area contributed by atoms with E-state index < -0.39 is 0 Å². The van der Waals surface area contributed by atoms with Crippen molar-refractivity contribution in [1.29, 1.82) is 0 Å². The summed E-state index contributed by atoms with van der Waals surface area (Å²) in [4.78, 5) is 17.0. The van der Waals surface area contributed by atoms with Gasteiger partial charge in [0, 0.05) is 10.4 Å². The van der Waals surface area contributed by atoms with Gasteiger partial charge < -0.3 is 10.1 Å². The van der Waals surface area contributed by atoms with Crippen LogP contribution in [0.3, 0.4) is 0 Å². The summed E-state index contributed by atoms with van der Waals surface area (Å²) in [6, 6.07) is 17.3. The first-order valence-electron chi connectivity index (χ1n) is 9.30. The van der Waals surface area contributed by atoms with E-state index in [-0.39, 0.29) is 18.4 Å². The Hall–Kier alpha value is -2.37. The monoisotopic (exact) mass is 414 g/mol. The van der Waals surface area contributed by atoms with Gasteiger partial charge in [-0.2, -0.15) is 0 Å². The van der Waals surface area contributed by atoms with Crippen LogP contribution in [0.25, 0.3) is 0 Å². The predicted octanol–water partition coefficient (Wildman–Crippen LogP) is 5.58. The highest BCUT2D eigenvalue weighted by atomic mass is 35.5. The van der Waals surface area contributed by atoms with Crippen LogP contribution in [0, 0.1) is 0 Å². The van der Waals surface area contributed by atoms with E-state index in [0.29, 0.717) is 11.6 Å². The highest BCUT2D eigenvalue weighted by Crippen LogP contribution is 2.20. The number of hydrogen-bond donors (Lipinski definition) is 1. The molecule has 28 heavy (non-hydrogen) atoms. The van der Waals surface area contributed by atoms with E-state index in [9.17, 15) is 4.79 Å². The summed E-state index contributed by atoms with van der Waals surface area (Å²) in [7, 11) is 0. The van der Waals surface area contributed by atoms with Gasteiger partial charge in [-0.3, -0.25) is 4.79 Å². The third-order valence-electron chi connectivity index (χ3n) is 4.23. The first-order chi connectivity index (χ1) is 13.6. The van der Waals surface area contributed by atoms with Crippen molar-refractivity contribution in [3.05, 3.63) is 81.3 Å². The molecule has 1 heterocycles. The van der Waals surface area contributed by atoms with Crippen LogP contribution in [-0.2, 0) is 17.8 Å². The second kappa shape index (κ2) is 10.2. The van der Waals surface area contributed by atoms with E-state index in [1.165, 1.54) is 11.3 Å². The number of carbonyl (C=O) groups excluding carboxylic acids is 1. The van der Waals surface area contributed by atoms with E-state index in [1.807, 2.05) is 35.7 Å². The lowest BCUT2D eigenvalue weighted by atomic mass is 10.0. The molecule has 0 radical (unpaired) electrons. The topological polar surface area (TPSA) is 51.2 Å². The molecule has 0 aliphatic carbocycles. The number of aromatic nitrogens is 1. The molecule has 146 valence electrons. The molecule has 0 saturated heterocycles. The van der Waals surface area contributed by atoms with Crippen LogP contribution in [0.5, 0.6) is 5.75 Å². The molecule has 1 N–H and O–H groups in total. The zero-order valence-electron chi connectivity index (χ0n) is 15.7. The summed E-state index contributed by atoms with van der Waals surface area (Å²) < 4.78 is 5.71. The second-order valence-electron chi connectivity index (χ2n) is 6.47. The number of nitrogens with zero attached hydrogens (tertiary/aromatic N) is 1. The Morgan fingerprint density at radius 3 is 2.64 bits per heavy atom. The van der Waals surface area contributed by atoms with Gasteiger partial charge in [-0.15, -0.1) is 11.3 Å². The van der Waals surface area contributed by atoms with Crippen LogP contribution >= 0.6 is 22.9 Å². The number of nitrogens with one attached hydrogen (secondary N) is 1. The zero-order chi connectivity index (χ0) is 19.8. The van der Waals surface area contributed by atoms with Crippen molar-refractivity contribution in [1.82, 2.24) is 10.3 Å². The Bertz CT molecular complexity index is 881. The lowest BCUT2D eigenvalue weighted by Gasteiger charge is -2.18. The van der Waals surface area contributed by atoms with Gasteiger partial charge in [-0.25, -0.2) is 4.98 Å². The molecule has 0 saturated carbocycles. The normalized spacial score (nSPS) is 11.8. The minimum Gasteiger partial charge on any atom is -0.486 e. The quantitative estimate of drug-likeness (QED) is 0.497. The van der Waals surface area contributed by atoms with Gasteiger partial charge in [0.05, 0.1) is 18.2 Å². The Morgan fingerprint density at radius 1 is 1.18 bits per heavy atom. The van der Waals surface area contributed by atoms with Gasteiger partial charge in [0.2, 0.25) is 5.91 Å². The van der Waals surface area contributed by atoms with Crippen LogP contribution in [0.4, 0.5) is 0 Å². The van der Waals surface area contributed by atoms with Crippen molar-refractivity contribution < 1.29 is 9.53 Å². The van der Waals surface area contributed by atoms with Gasteiger partial charge in [-0.05, 0) is 36.2 Å². The number of halogens is 1. The lowest BCUT2D eigenvalue weighted by Crippen LogP contribution is -2.29. The maximum absolute atomic E-state index is 12.5. The standard InChI is InChI=1S/C22H23ClN2O2S/c1-2-6-20(16-7-4-3-5-8-16)25-21(26)13-18-15-28-22(24-18)14-27-19-11-9-17(23)10-12-19/h3-5,7-12,15,20H,2,6,13-14H2,1H3,(H,25,26). The fourth-order valence-corrected chi connectivity index (χ4v) is 3.71. The summed E-state index contributed by atoms with van der Waals surface area (Å²) in [6.45, 7) is 2.49. The minimum absolute atomic E-state index is 0.0160. The summed E-state index contributed by atoms with van der Waals surface area (Å²) >= 11 is 7.37. The molecule has 1 amide bonds. The molecule has 1 aromatic heterocycles. The molecule has 0 spiro atoms. The SMILES string of the molecule is CCCC(NC(=O)Cc1csc(COc2ccc(Cl)cc2)n1)c1ccccc1. The molecule has 1 unspecified atom stereocenters. The second-order valence-corrected chi connectivity index (χ2v) is 7.85. The van der Waals surface area contributed by atoms with Crippen molar-refractivity contribution in [2.75, 3.05) is 0 Å². The molecule has 0 aliphatic heterocycles. The minimum atomic E-state index is -0.0160. The highest BCUT2D eigenvalue weighted by Gasteiger charge is 2.15. The van der Waals surface area contributed by atoms with Gasteiger partial charge in [-0.1, -0.05) is 55.3 Å². The van der Waals surface area contributed by atoms with Crippen molar-refractivity contribution in [3.8, 4) is 5.75 Å². The first kappa shape index (κ1) is 20.4. The van der Waals surface area contributed by atoms with Crippen LogP contribution < -0.4 is 10.1 Å². The van der Waals surface area contributed by atoms with Crippen molar-refractivity contribution in [2.24, 2.45) is 0 Å². The smallest absolute Gasteiger partial charge is 0.226 e. The van der Waals surface area contributed by atoms with Crippen molar-refractivity contribution in [2.45, 2.75) is 38.8 Å². The lowest BCUT2D eigenvalue weighted by molar-refractivity contribution is -0.121. The number of amides is 1. The maximum Gasteiger partial charge on any atom is 0.226 e. The third kappa shape index (κ3) is 6.08. The number of benzene rings is 2. The van der Waals surface area contributed by atoms with E-state index in [1.54, 1.807) is 12.1 Å². The zero-order valence-corrected chi connectivity index (χ0v) is 17.3. The molecule has 3 aromatic rings. The predicted molar refractivity (Wildman–Crippen MR) is 114 cm³/mol. The molecule has 0 bridgehead atoms. The average Bonchev–Trinajstić information content (AvgIpc) is 3.15. The average molecular weight is 415 g/mol. The van der Waals surface area contributed by atoms with Crippen molar-refractivity contribution in [3.63, 3.8) is 0 Å².